The molecule has 0 heterocycles. The van der Waals surface area contributed by atoms with Crippen LogP contribution in [0.25, 0.3) is 0 Å². The van der Waals surface area contributed by atoms with E-state index in [0.29, 0.717) is 29.1 Å². The molecule has 0 unspecified atom stereocenters. The van der Waals surface area contributed by atoms with Gasteiger partial charge in [0, 0.05) is 9.11 Å². The normalized spacial score (nSPS) is 52.0. The molecule has 4 aliphatic carbocycles. The maximum absolute atomic E-state index is 11.8. The molecule has 0 bridgehead atoms. The maximum Gasteiger partial charge on any atom is 0.129 e. The summed E-state index contributed by atoms with van der Waals surface area (Å²) in [4.78, 5) is 11.8. The fraction of sp³-hybridized carbons (Fsp3) is 0.960. The lowest BCUT2D eigenvalue weighted by molar-refractivity contribution is -0.129. The van der Waals surface area contributed by atoms with E-state index in [1.165, 1.54) is 51.9 Å². The molecule has 0 aromatic carbocycles. The minimum Gasteiger partial charge on any atom is -0.393 e. The van der Waals surface area contributed by atoms with Crippen LogP contribution in [0.3, 0.4) is 0 Å². The zero-order valence-electron chi connectivity index (χ0n) is 20.0. The molecular formula is C25H42O2. The molecule has 0 amide bonds. The van der Waals surface area contributed by atoms with Gasteiger partial charge in [-0.15, -0.1) is 0 Å². The average Bonchev–Trinajstić information content (AvgIpc) is 2.99. The summed E-state index contributed by atoms with van der Waals surface area (Å²) in [6.07, 6.45) is 9.50. The van der Waals surface area contributed by atoms with Crippen LogP contribution in [0.5, 0.6) is 0 Å². The SMILES string of the molecule is [2H]C([2H])(C[C@@H](C)[C@H]1CC[C@H]2[C@@H]3CC[C@@H]4C[C@@H](O)CC[C@]4(C)[C@H]3CC[C@]12C)C(C)=O. The molecule has 2 nitrogen and oxygen atoms in total. The van der Waals surface area contributed by atoms with Crippen molar-refractivity contribution < 1.29 is 12.6 Å². The predicted octanol–water partition coefficient (Wildman–Crippen LogP) is 6.01. The van der Waals surface area contributed by atoms with Gasteiger partial charge in [-0.3, -0.25) is 0 Å². The summed E-state index contributed by atoms with van der Waals surface area (Å²) >= 11 is 0. The van der Waals surface area contributed by atoms with E-state index in [1.807, 2.05) is 0 Å². The van der Waals surface area contributed by atoms with Gasteiger partial charge in [-0.25, -0.2) is 0 Å². The lowest BCUT2D eigenvalue weighted by Gasteiger charge is -2.61. The first-order chi connectivity index (χ1) is 13.5. The molecule has 4 aliphatic rings. The molecule has 1 N–H and O–H groups in total. The molecule has 154 valence electrons. The predicted molar refractivity (Wildman–Crippen MR) is 110 cm³/mol. The Labute approximate surface area is 169 Å². The number of aliphatic hydroxyl groups is 1. The number of carbonyl (C=O) groups excluding carboxylic acids is 1. The minimum atomic E-state index is -1.68. The van der Waals surface area contributed by atoms with Crippen LogP contribution in [0, 0.1) is 46.3 Å². The highest BCUT2D eigenvalue weighted by molar-refractivity contribution is 5.75. The van der Waals surface area contributed by atoms with Gasteiger partial charge in [0.2, 0.25) is 0 Å². The van der Waals surface area contributed by atoms with E-state index in [9.17, 15) is 9.90 Å². The van der Waals surface area contributed by atoms with Gasteiger partial charge >= 0.3 is 0 Å². The molecule has 27 heavy (non-hydrogen) atoms. The molecule has 0 radical (unpaired) electrons. The van der Waals surface area contributed by atoms with Crippen LogP contribution in [-0.2, 0) is 4.79 Å². The van der Waals surface area contributed by atoms with Gasteiger partial charge in [-0.1, -0.05) is 20.8 Å². The summed E-state index contributed by atoms with van der Waals surface area (Å²) in [5.41, 5.74) is 0.726. The number of Topliss-reactive ketones (excluding diaryl/α,β-unsaturated/α-hetero) is 1. The van der Waals surface area contributed by atoms with Crippen molar-refractivity contribution in [3.63, 3.8) is 0 Å². The van der Waals surface area contributed by atoms with E-state index in [0.717, 1.165) is 30.6 Å². The first-order valence-electron chi connectivity index (χ1n) is 12.7. The highest BCUT2D eigenvalue weighted by atomic mass is 16.3. The lowest BCUT2D eigenvalue weighted by Crippen LogP contribution is -2.54. The van der Waals surface area contributed by atoms with Gasteiger partial charge in [0.1, 0.15) is 5.78 Å². The number of fused-ring (bicyclic) bond motifs is 5. The lowest BCUT2D eigenvalue weighted by atomic mass is 9.44. The highest BCUT2D eigenvalue weighted by Crippen LogP contribution is 2.68. The molecule has 4 fully saturated rings. The first-order valence-corrected chi connectivity index (χ1v) is 11.7. The molecule has 4 rings (SSSR count). The van der Waals surface area contributed by atoms with Crippen LogP contribution >= 0.6 is 0 Å². The maximum atomic E-state index is 11.8. The Hall–Kier alpha value is -0.370. The van der Waals surface area contributed by atoms with Crippen molar-refractivity contribution in [1.82, 2.24) is 0 Å². The van der Waals surface area contributed by atoms with E-state index >= 15 is 0 Å². The molecule has 0 spiro atoms. The second kappa shape index (κ2) is 7.15. The Morgan fingerprint density at radius 3 is 2.52 bits per heavy atom. The van der Waals surface area contributed by atoms with E-state index in [1.54, 1.807) is 0 Å². The van der Waals surface area contributed by atoms with Crippen molar-refractivity contribution in [2.45, 2.75) is 104 Å². The second-order valence-corrected chi connectivity index (χ2v) is 11.2. The van der Waals surface area contributed by atoms with Crippen LogP contribution < -0.4 is 0 Å². The van der Waals surface area contributed by atoms with Gasteiger partial charge < -0.3 is 9.90 Å². The number of rotatable bonds is 4. The van der Waals surface area contributed by atoms with Gasteiger partial charge in [-0.2, -0.15) is 0 Å². The molecule has 0 aliphatic heterocycles. The van der Waals surface area contributed by atoms with Crippen molar-refractivity contribution in [3.8, 4) is 0 Å². The standard InChI is InChI=1S/C25H42O2/c1-16(5-6-17(2)26)21-9-10-22-20-8-7-18-15-19(27)11-13-24(18,3)23(20)12-14-25(21,22)4/h16,18-23,27H,5-15H2,1-4H3/t16-,18-,19+,20+,21-,22+,23+,24+,25-/m1/s1/i6D2. The van der Waals surface area contributed by atoms with Crippen LogP contribution in [0.2, 0.25) is 0 Å². The van der Waals surface area contributed by atoms with Crippen molar-refractivity contribution in [3.05, 3.63) is 0 Å². The molecular weight excluding hydrogens is 332 g/mol. The Balaban J connectivity index is 1.52. The van der Waals surface area contributed by atoms with Crippen molar-refractivity contribution >= 4 is 5.78 Å². The van der Waals surface area contributed by atoms with E-state index < -0.39 is 6.37 Å². The van der Waals surface area contributed by atoms with Gasteiger partial charge in [0.05, 0.1) is 6.10 Å². The van der Waals surface area contributed by atoms with Crippen molar-refractivity contribution in [2.24, 2.45) is 46.3 Å². The summed E-state index contributed by atoms with van der Waals surface area (Å²) in [5, 5.41) is 10.2. The molecule has 0 saturated heterocycles. The van der Waals surface area contributed by atoms with Crippen LogP contribution in [0.4, 0.5) is 0 Å². The summed E-state index contributed by atoms with van der Waals surface area (Å²) in [7, 11) is 0. The van der Waals surface area contributed by atoms with Gasteiger partial charge in [0.25, 0.3) is 0 Å². The average molecular weight is 377 g/mol. The highest BCUT2D eigenvalue weighted by Gasteiger charge is 2.60. The number of hydrogen-bond acceptors (Lipinski definition) is 2. The van der Waals surface area contributed by atoms with E-state index in [2.05, 4.69) is 20.8 Å². The monoisotopic (exact) mass is 376 g/mol. The number of ketones is 1. The van der Waals surface area contributed by atoms with Crippen LogP contribution in [-0.4, -0.2) is 17.0 Å². The third-order valence-corrected chi connectivity index (χ3v) is 10.1. The molecule has 0 aromatic rings. The molecule has 9 atom stereocenters. The van der Waals surface area contributed by atoms with Gasteiger partial charge in [-0.05, 0) is 117 Å². The number of aliphatic hydroxyl groups excluding tert-OH is 1. The van der Waals surface area contributed by atoms with Gasteiger partial charge in [0.15, 0.2) is 0 Å². The van der Waals surface area contributed by atoms with Crippen molar-refractivity contribution in [1.29, 1.82) is 0 Å². The summed E-state index contributed by atoms with van der Waals surface area (Å²) in [5.74, 6) is 3.58. The van der Waals surface area contributed by atoms with Crippen LogP contribution in [0.15, 0.2) is 0 Å². The third kappa shape index (κ3) is 3.22. The second-order valence-electron chi connectivity index (χ2n) is 11.2. The zero-order valence-corrected chi connectivity index (χ0v) is 18.0. The number of carbonyl (C=O) groups is 1. The topological polar surface area (TPSA) is 37.3 Å². The van der Waals surface area contributed by atoms with Crippen molar-refractivity contribution in [2.75, 3.05) is 0 Å². The largest absolute Gasteiger partial charge is 0.393 e. The van der Waals surface area contributed by atoms with E-state index in [-0.39, 0.29) is 17.8 Å². The summed E-state index contributed by atoms with van der Waals surface area (Å²) < 4.78 is 16.3. The quantitative estimate of drug-likeness (QED) is 0.652. The molecule has 2 heteroatoms. The third-order valence-electron chi connectivity index (χ3n) is 10.1. The number of hydrogen-bond donors (Lipinski definition) is 1. The Morgan fingerprint density at radius 2 is 1.78 bits per heavy atom. The smallest absolute Gasteiger partial charge is 0.129 e. The Kier molecular flexibility index (Phi) is 4.63. The summed E-state index contributed by atoms with van der Waals surface area (Å²) in [6.45, 7) is 8.65. The Morgan fingerprint density at radius 1 is 1.07 bits per heavy atom. The zero-order chi connectivity index (χ0) is 21.2. The molecule has 0 aromatic heterocycles. The molecule has 4 saturated carbocycles. The Bertz CT molecular complexity index is 649. The first kappa shape index (κ1) is 17.5. The fourth-order valence-corrected chi connectivity index (χ4v) is 8.66. The fourth-order valence-electron chi connectivity index (χ4n) is 8.66. The summed E-state index contributed by atoms with van der Waals surface area (Å²) in [6, 6.07) is 0. The van der Waals surface area contributed by atoms with Crippen LogP contribution in [0.1, 0.15) is 101 Å². The van der Waals surface area contributed by atoms with E-state index in [4.69, 9.17) is 2.74 Å². The minimum absolute atomic E-state index is 0.0773.